The van der Waals surface area contributed by atoms with Gasteiger partial charge < -0.3 is 10.4 Å². The van der Waals surface area contributed by atoms with Gasteiger partial charge in [0.25, 0.3) is 10.0 Å². The van der Waals surface area contributed by atoms with E-state index in [1.807, 2.05) is 0 Å². The molecule has 0 radical (unpaired) electrons. The molecule has 1 unspecified atom stereocenters. The minimum absolute atomic E-state index is 0.125. The van der Waals surface area contributed by atoms with Crippen LogP contribution in [0.25, 0.3) is 22.2 Å². The Morgan fingerprint density at radius 1 is 1.10 bits per heavy atom. The molecule has 0 aliphatic carbocycles. The number of nitrogens with zero attached hydrogens (tertiary/aromatic N) is 2. The fourth-order valence-corrected chi connectivity index (χ4v) is 4.98. The molecule has 0 bridgehead atoms. The second-order valence-corrected chi connectivity index (χ2v) is 9.38. The van der Waals surface area contributed by atoms with E-state index < -0.39 is 16.1 Å². The molecule has 5 rings (SSSR count). The number of benzene rings is 2. The summed E-state index contributed by atoms with van der Waals surface area (Å²) in [4.78, 5) is 4.69. The Morgan fingerprint density at radius 3 is 2.58 bits per heavy atom. The smallest absolute Gasteiger partial charge is 0.261 e. The molecule has 0 saturated carbocycles. The molecule has 0 saturated heterocycles. The third-order valence-electron chi connectivity index (χ3n) is 5.23. The molecule has 1 atom stereocenters. The van der Waals surface area contributed by atoms with E-state index in [4.69, 9.17) is 11.6 Å². The first-order chi connectivity index (χ1) is 14.9. The van der Waals surface area contributed by atoms with Gasteiger partial charge in [-0.3, -0.25) is 9.82 Å². The lowest BCUT2D eigenvalue weighted by Crippen LogP contribution is -2.29. The molecular weight excluding hydrogens is 438 g/mol. The maximum Gasteiger partial charge on any atom is 0.261 e. The molecule has 1 aliphatic heterocycles. The Labute approximate surface area is 183 Å². The summed E-state index contributed by atoms with van der Waals surface area (Å²) in [6, 6.07) is 13.0. The van der Waals surface area contributed by atoms with Crippen LogP contribution in [0.15, 0.2) is 59.6 Å². The number of β-amino-alcohol motifs (C(OH)–C–C–N with tert-alkyl or cyclic N) is 1. The van der Waals surface area contributed by atoms with E-state index >= 15 is 0 Å². The van der Waals surface area contributed by atoms with Crippen molar-refractivity contribution in [3.63, 3.8) is 0 Å². The van der Waals surface area contributed by atoms with E-state index in [2.05, 4.69) is 25.2 Å². The molecule has 0 spiro atoms. The zero-order valence-electron chi connectivity index (χ0n) is 16.1. The normalized spacial score (nSPS) is 16.3. The number of pyridine rings is 1. The lowest BCUT2D eigenvalue weighted by molar-refractivity contribution is 0.165. The Kier molecular flexibility index (Phi) is 4.90. The average molecular weight is 456 g/mol. The molecule has 4 N–H and O–H groups in total. The predicted octanol–water partition coefficient (Wildman–Crippen LogP) is 3.22. The summed E-state index contributed by atoms with van der Waals surface area (Å²) >= 11 is 5.86. The molecule has 2 aromatic carbocycles. The van der Waals surface area contributed by atoms with Crippen LogP contribution in [0, 0.1) is 0 Å². The molecular formula is C21H18ClN5O3S. The Hall–Kier alpha value is -2.98. The lowest BCUT2D eigenvalue weighted by atomic mass is 9.91. The third-order valence-corrected chi connectivity index (χ3v) is 6.88. The SMILES string of the molecule is O=S(=O)(Nc1ccc(Cl)cc1)c1ccc(-c2c3c(nc4[nH]ncc24)CNCC3O)cc1. The summed E-state index contributed by atoms with van der Waals surface area (Å²) in [5, 5.41) is 22.0. The highest BCUT2D eigenvalue weighted by Gasteiger charge is 2.26. The van der Waals surface area contributed by atoms with Crippen LogP contribution in [0.5, 0.6) is 0 Å². The number of anilines is 1. The molecule has 158 valence electrons. The largest absolute Gasteiger partial charge is 0.387 e. The van der Waals surface area contributed by atoms with Crippen LogP contribution < -0.4 is 10.0 Å². The summed E-state index contributed by atoms with van der Waals surface area (Å²) in [6.07, 6.45) is 0.944. The molecule has 3 heterocycles. The number of hydrogen-bond acceptors (Lipinski definition) is 6. The van der Waals surface area contributed by atoms with Gasteiger partial charge in [-0.2, -0.15) is 5.10 Å². The van der Waals surface area contributed by atoms with E-state index in [0.717, 1.165) is 27.8 Å². The highest BCUT2D eigenvalue weighted by molar-refractivity contribution is 7.92. The number of H-pyrrole nitrogens is 1. The van der Waals surface area contributed by atoms with Gasteiger partial charge in [0, 0.05) is 40.3 Å². The van der Waals surface area contributed by atoms with Gasteiger partial charge in [-0.15, -0.1) is 0 Å². The van der Waals surface area contributed by atoms with Crippen LogP contribution in [-0.2, 0) is 16.6 Å². The number of nitrogens with one attached hydrogen (secondary N) is 3. The van der Waals surface area contributed by atoms with Crippen molar-refractivity contribution >= 4 is 38.3 Å². The number of fused-ring (bicyclic) bond motifs is 2. The number of halogens is 1. The molecule has 4 aromatic rings. The van der Waals surface area contributed by atoms with Crippen LogP contribution in [-0.4, -0.2) is 35.3 Å². The van der Waals surface area contributed by atoms with Gasteiger partial charge in [-0.05, 0) is 42.0 Å². The van der Waals surface area contributed by atoms with E-state index in [9.17, 15) is 13.5 Å². The Bertz CT molecular complexity index is 1370. The fraction of sp³-hybridized carbons (Fsp3) is 0.143. The van der Waals surface area contributed by atoms with Crippen molar-refractivity contribution < 1.29 is 13.5 Å². The first kappa shape index (κ1) is 20.0. The summed E-state index contributed by atoms with van der Waals surface area (Å²) in [7, 11) is -3.77. The van der Waals surface area contributed by atoms with E-state index in [0.29, 0.717) is 29.4 Å². The molecule has 10 heteroatoms. The van der Waals surface area contributed by atoms with E-state index in [1.54, 1.807) is 54.7 Å². The van der Waals surface area contributed by atoms with Gasteiger partial charge in [0.1, 0.15) is 0 Å². The summed E-state index contributed by atoms with van der Waals surface area (Å²) in [5.41, 5.74) is 4.10. The number of sulfonamides is 1. The molecule has 8 nitrogen and oxygen atoms in total. The number of aliphatic hydroxyl groups excluding tert-OH is 1. The second kappa shape index (κ2) is 7.61. The van der Waals surface area contributed by atoms with Crippen LogP contribution in [0.2, 0.25) is 5.02 Å². The number of rotatable bonds is 4. The summed E-state index contributed by atoms with van der Waals surface area (Å²) in [6.45, 7) is 0.953. The van der Waals surface area contributed by atoms with Gasteiger partial charge in [0.15, 0.2) is 5.65 Å². The molecule has 0 fully saturated rings. The molecule has 1 aliphatic rings. The van der Waals surface area contributed by atoms with Crippen LogP contribution in [0.1, 0.15) is 17.4 Å². The Balaban J connectivity index is 1.55. The minimum atomic E-state index is -3.77. The third kappa shape index (κ3) is 3.66. The van der Waals surface area contributed by atoms with Crippen LogP contribution >= 0.6 is 11.6 Å². The zero-order chi connectivity index (χ0) is 21.6. The maximum atomic E-state index is 12.8. The van der Waals surface area contributed by atoms with Crippen molar-refractivity contribution in [1.29, 1.82) is 0 Å². The van der Waals surface area contributed by atoms with Crippen molar-refractivity contribution in [3.05, 3.63) is 71.0 Å². The zero-order valence-corrected chi connectivity index (χ0v) is 17.7. The number of hydrogen-bond donors (Lipinski definition) is 4. The maximum absolute atomic E-state index is 12.8. The molecule has 31 heavy (non-hydrogen) atoms. The van der Waals surface area contributed by atoms with Crippen molar-refractivity contribution in [2.45, 2.75) is 17.5 Å². The lowest BCUT2D eigenvalue weighted by Gasteiger charge is -2.25. The summed E-state index contributed by atoms with van der Waals surface area (Å²) in [5.74, 6) is 0. The summed E-state index contributed by atoms with van der Waals surface area (Å²) < 4.78 is 28.1. The van der Waals surface area contributed by atoms with E-state index in [1.165, 1.54) is 0 Å². The highest BCUT2D eigenvalue weighted by Crippen LogP contribution is 2.37. The molecule has 2 aromatic heterocycles. The topological polar surface area (TPSA) is 120 Å². The fourth-order valence-electron chi connectivity index (χ4n) is 3.80. The number of aliphatic hydroxyl groups is 1. The van der Waals surface area contributed by atoms with Gasteiger partial charge >= 0.3 is 0 Å². The quantitative estimate of drug-likeness (QED) is 0.375. The van der Waals surface area contributed by atoms with Crippen molar-refractivity contribution in [1.82, 2.24) is 20.5 Å². The number of aromatic nitrogens is 3. The minimum Gasteiger partial charge on any atom is -0.387 e. The van der Waals surface area contributed by atoms with Crippen molar-refractivity contribution in [3.8, 4) is 11.1 Å². The van der Waals surface area contributed by atoms with Gasteiger partial charge in [-0.1, -0.05) is 23.7 Å². The first-order valence-corrected chi connectivity index (χ1v) is 11.4. The second-order valence-electron chi connectivity index (χ2n) is 7.26. The van der Waals surface area contributed by atoms with E-state index in [-0.39, 0.29) is 4.90 Å². The standard InChI is InChI=1S/C21H18ClN5O3S/c22-13-3-5-14(6-4-13)27-31(29,30)15-7-1-12(2-8-15)19-16-9-24-26-21(16)25-17-10-23-11-18(28)20(17)19/h1-9,18,23,27-28H,10-11H2,(H,24,25,26). The van der Waals surface area contributed by atoms with Crippen molar-refractivity contribution in [2.75, 3.05) is 11.3 Å². The first-order valence-electron chi connectivity index (χ1n) is 9.56. The average Bonchev–Trinajstić information content (AvgIpc) is 3.22. The van der Waals surface area contributed by atoms with Crippen molar-refractivity contribution in [2.24, 2.45) is 0 Å². The van der Waals surface area contributed by atoms with Crippen LogP contribution in [0.4, 0.5) is 5.69 Å². The van der Waals surface area contributed by atoms with Gasteiger partial charge in [0.2, 0.25) is 0 Å². The Morgan fingerprint density at radius 2 is 1.84 bits per heavy atom. The van der Waals surface area contributed by atoms with Gasteiger partial charge in [0.05, 0.1) is 22.9 Å². The van der Waals surface area contributed by atoms with Crippen LogP contribution in [0.3, 0.4) is 0 Å². The molecule has 0 amide bonds. The number of aromatic amines is 1. The highest BCUT2D eigenvalue weighted by atomic mass is 35.5. The predicted molar refractivity (Wildman–Crippen MR) is 118 cm³/mol. The monoisotopic (exact) mass is 455 g/mol. The van der Waals surface area contributed by atoms with Gasteiger partial charge in [-0.25, -0.2) is 13.4 Å².